The van der Waals surface area contributed by atoms with Gasteiger partial charge in [0.1, 0.15) is 0 Å². The van der Waals surface area contributed by atoms with Gasteiger partial charge in [-0.1, -0.05) is 34.5 Å². The summed E-state index contributed by atoms with van der Waals surface area (Å²) in [6.07, 6.45) is 5.52. The molecule has 3 rings (SSSR count). The first kappa shape index (κ1) is 16.0. The summed E-state index contributed by atoms with van der Waals surface area (Å²) in [5.74, 6) is 0.422. The van der Waals surface area contributed by atoms with Gasteiger partial charge in [-0.2, -0.15) is 0 Å². The Morgan fingerprint density at radius 1 is 1.45 bits per heavy atom. The third-order valence-corrected chi connectivity index (χ3v) is 5.84. The highest BCUT2D eigenvalue weighted by atomic mass is 79.9. The van der Waals surface area contributed by atoms with Gasteiger partial charge in [0.2, 0.25) is 5.91 Å². The van der Waals surface area contributed by atoms with Gasteiger partial charge in [0.05, 0.1) is 0 Å². The Morgan fingerprint density at radius 3 is 2.91 bits per heavy atom. The second-order valence-corrected chi connectivity index (χ2v) is 7.85. The fourth-order valence-corrected chi connectivity index (χ4v) is 4.16. The molecule has 1 amide bonds. The van der Waals surface area contributed by atoms with Crippen LogP contribution in [0.15, 0.2) is 28.7 Å². The van der Waals surface area contributed by atoms with Crippen LogP contribution < -0.4 is 10.6 Å². The van der Waals surface area contributed by atoms with Crippen molar-refractivity contribution in [3.05, 3.63) is 34.3 Å². The number of rotatable bonds is 4. The van der Waals surface area contributed by atoms with Crippen LogP contribution in [-0.4, -0.2) is 25.0 Å². The molecule has 1 saturated heterocycles. The Hall–Kier alpha value is -0.870. The second-order valence-electron chi connectivity index (χ2n) is 6.94. The number of hydrogen-bond acceptors (Lipinski definition) is 2. The molecule has 0 radical (unpaired) electrons. The minimum atomic E-state index is 0.151. The van der Waals surface area contributed by atoms with Gasteiger partial charge in [-0.05, 0) is 56.8 Å². The molecule has 1 aromatic rings. The minimum Gasteiger partial charge on any atom is -0.355 e. The third-order valence-electron chi connectivity index (χ3n) is 5.34. The minimum absolute atomic E-state index is 0.151. The zero-order valence-corrected chi connectivity index (χ0v) is 14.8. The van der Waals surface area contributed by atoms with Crippen LogP contribution in [0.3, 0.4) is 0 Å². The van der Waals surface area contributed by atoms with Crippen molar-refractivity contribution < 1.29 is 4.79 Å². The number of halogens is 1. The van der Waals surface area contributed by atoms with Crippen LogP contribution in [0.5, 0.6) is 0 Å². The normalized spacial score (nSPS) is 27.0. The summed E-state index contributed by atoms with van der Waals surface area (Å²) >= 11 is 3.56. The van der Waals surface area contributed by atoms with E-state index in [4.69, 9.17) is 0 Å². The third kappa shape index (κ3) is 3.38. The van der Waals surface area contributed by atoms with E-state index in [1.54, 1.807) is 0 Å². The molecule has 0 unspecified atom stereocenters. The monoisotopic (exact) mass is 364 g/mol. The highest BCUT2D eigenvalue weighted by Gasteiger charge is 2.39. The topological polar surface area (TPSA) is 41.1 Å². The SMILES string of the molecule is C[C@H]1C[C@@H](C(=O)NCC2(c3cccc(Br)c3)CCC2)CCN1. The van der Waals surface area contributed by atoms with Crippen molar-refractivity contribution in [2.45, 2.75) is 50.5 Å². The lowest BCUT2D eigenvalue weighted by molar-refractivity contribution is -0.126. The van der Waals surface area contributed by atoms with E-state index in [0.717, 1.165) is 30.4 Å². The number of benzene rings is 1. The summed E-state index contributed by atoms with van der Waals surface area (Å²) in [6.45, 7) is 3.89. The Labute approximate surface area is 141 Å². The van der Waals surface area contributed by atoms with E-state index in [1.165, 1.54) is 24.8 Å². The summed E-state index contributed by atoms with van der Waals surface area (Å²) in [5, 5.41) is 6.66. The van der Waals surface area contributed by atoms with Crippen LogP contribution in [-0.2, 0) is 10.2 Å². The van der Waals surface area contributed by atoms with Crippen molar-refractivity contribution >= 4 is 21.8 Å². The fraction of sp³-hybridized carbons (Fsp3) is 0.611. The highest BCUT2D eigenvalue weighted by molar-refractivity contribution is 9.10. The van der Waals surface area contributed by atoms with E-state index in [2.05, 4.69) is 57.8 Å². The molecule has 120 valence electrons. The number of carbonyl (C=O) groups is 1. The van der Waals surface area contributed by atoms with Crippen molar-refractivity contribution in [3.63, 3.8) is 0 Å². The van der Waals surface area contributed by atoms with Crippen LogP contribution >= 0.6 is 15.9 Å². The zero-order chi connectivity index (χ0) is 15.6. The van der Waals surface area contributed by atoms with Gasteiger partial charge in [0, 0.05) is 28.4 Å². The van der Waals surface area contributed by atoms with E-state index in [9.17, 15) is 4.79 Å². The molecule has 1 saturated carbocycles. The van der Waals surface area contributed by atoms with Crippen molar-refractivity contribution in [1.29, 1.82) is 0 Å². The summed E-state index contributed by atoms with van der Waals surface area (Å²) in [7, 11) is 0. The molecule has 2 N–H and O–H groups in total. The maximum absolute atomic E-state index is 12.5. The molecule has 1 aliphatic heterocycles. The summed E-state index contributed by atoms with van der Waals surface area (Å²) in [4.78, 5) is 12.5. The number of amides is 1. The summed E-state index contributed by atoms with van der Waals surface area (Å²) < 4.78 is 1.12. The molecule has 4 heteroatoms. The van der Waals surface area contributed by atoms with E-state index in [-0.39, 0.29) is 17.2 Å². The standard InChI is InChI=1S/C18H25BrN2O/c1-13-10-14(6-9-20-13)17(22)21-12-18(7-3-8-18)15-4-2-5-16(19)11-15/h2,4-5,11,13-14,20H,3,6-10,12H2,1H3,(H,21,22)/t13-,14-/m0/s1. The molecular formula is C18H25BrN2O. The predicted molar refractivity (Wildman–Crippen MR) is 92.9 cm³/mol. The maximum atomic E-state index is 12.5. The molecule has 0 bridgehead atoms. The van der Waals surface area contributed by atoms with Crippen molar-refractivity contribution in [1.82, 2.24) is 10.6 Å². The molecule has 1 heterocycles. The van der Waals surface area contributed by atoms with Crippen LogP contribution in [0.4, 0.5) is 0 Å². The van der Waals surface area contributed by atoms with E-state index < -0.39 is 0 Å². The lowest BCUT2D eigenvalue weighted by Crippen LogP contribution is -2.49. The molecule has 3 nitrogen and oxygen atoms in total. The number of carbonyl (C=O) groups excluding carboxylic acids is 1. The number of nitrogens with one attached hydrogen (secondary N) is 2. The van der Waals surface area contributed by atoms with Gasteiger partial charge in [-0.15, -0.1) is 0 Å². The van der Waals surface area contributed by atoms with Gasteiger partial charge in [0.15, 0.2) is 0 Å². The highest BCUT2D eigenvalue weighted by Crippen LogP contribution is 2.43. The average Bonchev–Trinajstić information content (AvgIpc) is 2.46. The van der Waals surface area contributed by atoms with Crippen LogP contribution in [0.1, 0.15) is 44.6 Å². The molecule has 2 atom stereocenters. The van der Waals surface area contributed by atoms with Gasteiger partial charge in [-0.3, -0.25) is 4.79 Å². The fourth-order valence-electron chi connectivity index (χ4n) is 3.76. The van der Waals surface area contributed by atoms with Crippen molar-refractivity contribution in [2.75, 3.05) is 13.1 Å². The zero-order valence-electron chi connectivity index (χ0n) is 13.2. The average molecular weight is 365 g/mol. The van der Waals surface area contributed by atoms with E-state index >= 15 is 0 Å². The molecule has 22 heavy (non-hydrogen) atoms. The first-order valence-corrected chi connectivity index (χ1v) is 9.15. The quantitative estimate of drug-likeness (QED) is 0.859. The van der Waals surface area contributed by atoms with Gasteiger partial charge in [-0.25, -0.2) is 0 Å². The molecule has 0 aromatic heterocycles. The molecular weight excluding hydrogens is 340 g/mol. The first-order chi connectivity index (χ1) is 10.6. The second kappa shape index (κ2) is 6.71. The lowest BCUT2D eigenvalue weighted by atomic mass is 9.64. The van der Waals surface area contributed by atoms with Crippen molar-refractivity contribution in [2.24, 2.45) is 5.92 Å². The number of piperidine rings is 1. The Bertz CT molecular complexity index is 542. The van der Waals surface area contributed by atoms with Crippen LogP contribution in [0.25, 0.3) is 0 Å². The number of hydrogen-bond donors (Lipinski definition) is 2. The summed E-state index contributed by atoms with van der Waals surface area (Å²) in [5.41, 5.74) is 1.50. The summed E-state index contributed by atoms with van der Waals surface area (Å²) in [6, 6.07) is 9.01. The largest absolute Gasteiger partial charge is 0.355 e. The van der Waals surface area contributed by atoms with Gasteiger partial charge < -0.3 is 10.6 Å². The van der Waals surface area contributed by atoms with Crippen molar-refractivity contribution in [3.8, 4) is 0 Å². The molecule has 1 aliphatic carbocycles. The molecule has 1 aromatic carbocycles. The van der Waals surface area contributed by atoms with E-state index in [0.29, 0.717) is 6.04 Å². The van der Waals surface area contributed by atoms with Crippen LogP contribution in [0.2, 0.25) is 0 Å². The first-order valence-electron chi connectivity index (χ1n) is 8.36. The molecule has 2 aliphatic rings. The van der Waals surface area contributed by atoms with Gasteiger partial charge >= 0.3 is 0 Å². The Morgan fingerprint density at radius 2 is 2.27 bits per heavy atom. The predicted octanol–water partition coefficient (Wildman–Crippen LogP) is 3.38. The molecule has 2 fully saturated rings. The van der Waals surface area contributed by atoms with E-state index in [1.807, 2.05) is 0 Å². The Kier molecular flexibility index (Phi) is 4.88. The molecule has 0 spiro atoms. The van der Waals surface area contributed by atoms with Crippen LogP contribution in [0, 0.1) is 5.92 Å². The maximum Gasteiger partial charge on any atom is 0.223 e. The smallest absolute Gasteiger partial charge is 0.223 e. The lowest BCUT2D eigenvalue weighted by Gasteiger charge is -2.43. The van der Waals surface area contributed by atoms with Gasteiger partial charge in [0.25, 0.3) is 0 Å². The Balaban J connectivity index is 1.62.